The molecule has 0 bridgehead atoms. The molecule has 0 amide bonds. The molecule has 2 rings (SSSR count). The number of nitrogens with one attached hydrogen (secondary N) is 1. The van der Waals surface area contributed by atoms with E-state index in [1.165, 1.54) is 18.2 Å². The Bertz CT molecular complexity index is 688. The molecule has 2 aromatic rings. The molecule has 112 valence electrons. The molecule has 0 radical (unpaired) electrons. The number of hydrogen-bond donors (Lipinski definition) is 2. The predicted molar refractivity (Wildman–Crippen MR) is 74.7 cm³/mol. The van der Waals surface area contributed by atoms with Gasteiger partial charge < -0.3 is 11.1 Å². The first-order valence-corrected chi connectivity index (χ1v) is 6.36. The van der Waals surface area contributed by atoms with Crippen LogP contribution in [0.25, 0.3) is 10.9 Å². The zero-order valence-corrected chi connectivity index (χ0v) is 11.4. The van der Waals surface area contributed by atoms with Crippen molar-refractivity contribution < 1.29 is 18.0 Å². The molecule has 0 fully saturated rings. The van der Waals surface area contributed by atoms with Gasteiger partial charge in [0.1, 0.15) is 0 Å². The van der Waals surface area contributed by atoms with Crippen molar-refractivity contribution in [3.05, 3.63) is 35.0 Å². The Kier molecular flexibility index (Phi) is 4.34. The number of hydrogen-bond acceptors (Lipinski definition) is 4. The lowest BCUT2D eigenvalue weighted by atomic mass is 10.1. The first kappa shape index (κ1) is 15.5. The molecule has 0 saturated heterocycles. The van der Waals surface area contributed by atoms with Gasteiger partial charge in [-0.05, 0) is 18.2 Å². The quantitative estimate of drug-likeness (QED) is 0.851. The molecule has 8 heteroatoms. The Morgan fingerprint density at radius 2 is 2.10 bits per heavy atom. The number of aromatic nitrogens is 1. The first-order valence-electron chi connectivity index (χ1n) is 5.98. The predicted octanol–water partition coefficient (Wildman–Crippen LogP) is 3.00. The van der Waals surface area contributed by atoms with Crippen molar-refractivity contribution >= 4 is 34.0 Å². The molecule has 1 aromatic heterocycles. The number of ketones is 1. The van der Waals surface area contributed by atoms with Gasteiger partial charge in [-0.3, -0.25) is 9.78 Å². The fraction of sp³-hybridized carbons (Fsp3) is 0.231. The number of rotatable bonds is 4. The van der Waals surface area contributed by atoms with Gasteiger partial charge in [0.2, 0.25) is 0 Å². The summed E-state index contributed by atoms with van der Waals surface area (Å²) in [6, 6.07) is 4.53. The Hall–Kier alpha value is -1.86. The minimum atomic E-state index is -4.97. The smallest absolute Gasteiger partial charge is 0.383 e. The summed E-state index contributed by atoms with van der Waals surface area (Å²) in [4.78, 5) is 15.4. The van der Waals surface area contributed by atoms with Gasteiger partial charge in [-0.1, -0.05) is 11.6 Å². The summed E-state index contributed by atoms with van der Waals surface area (Å²) in [5.74, 6) is -1.95. The van der Waals surface area contributed by atoms with Gasteiger partial charge in [0.05, 0.1) is 16.8 Å². The summed E-state index contributed by atoms with van der Waals surface area (Å²) >= 11 is 5.82. The summed E-state index contributed by atoms with van der Waals surface area (Å²) in [5, 5.41) is 3.53. The van der Waals surface area contributed by atoms with Crippen molar-refractivity contribution in [2.75, 3.05) is 18.4 Å². The third-order valence-corrected chi connectivity index (χ3v) is 3.01. The largest absolute Gasteiger partial charge is 0.455 e. The number of anilines is 1. The second-order valence-corrected chi connectivity index (χ2v) is 4.69. The van der Waals surface area contributed by atoms with Gasteiger partial charge in [-0.2, -0.15) is 13.2 Å². The van der Waals surface area contributed by atoms with Crippen molar-refractivity contribution in [2.24, 2.45) is 5.73 Å². The topological polar surface area (TPSA) is 68.0 Å². The highest BCUT2D eigenvalue weighted by Gasteiger charge is 2.41. The van der Waals surface area contributed by atoms with Crippen molar-refractivity contribution in [3.8, 4) is 0 Å². The summed E-state index contributed by atoms with van der Waals surface area (Å²) in [6.45, 7) is 0.428. The van der Waals surface area contributed by atoms with Crippen molar-refractivity contribution in [3.63, 3.8) is 0 Å². The van der Waals surface area contributed by atoms with Crippen LogP contribution < -0.4 is 11.1 Å². The zero-order chi connectivity index (χ0) is 15.6. The van der Waals surface area contributed by atoms with E-state index in [1.54, 1.807) is 0 Å². The highest BCUT2D eigenvalue weighted by atomic mass is 35.5. The number of alkyl halides is 3. The average Bonchev–Trinajstić information content (AvgIpc) is 2.42. The van der Waals surface area contributed by atoms with E-state index in [1.807, 2.05) is 0 Å². The summed E-state index contributed by atoms with van der Waals surface area (Å²) in [6.07, 6.45) is -4.08. The van der Waals surface area contributed by atoms with Gasteiger partial charge in [0.15, 0.2) is 0 Å². The second-order valence-electron chi connectivity index (χ2n) is 4.25. The van der Waals surface area contributed by atoms with Crippen LogP contribution in [-0.2, 0) is 0 Å². The maximum Gasteiger partial charge on any atom is 0.455 e. The van der Waals surface area contributed by atoms with E-state index >= 15 is 0 Å². The Morgan fingerprint density at radius 1 is 1.38 bits per heavy atom. The Balaban J connectivity index is 2.64. The molecular weight excluding hydrogens is 307 g/mol. The van der Waals surface area contributed by atoms with Crippen LogP contribution in [-0.4, -0.2) is 30.0 Å². The van der Waals surface area contributed by atoms with Crippen LogP contribution >= 0.6 is 11.6 Å². The second kappa shape index (κ2) is 5.87. The number of fused-ring (bicyclic) bond motifs is 1. The minimum Gasteiger partial charge on any atom is -0.383 e. The molecule has 0 spiro atoms. The van der Waals surface area contributed by atoms with Crippen molar-refractivity contribution in [1.29, 1.82) is 0 Å². The standard InChI is InChI=1S/C13H11ClF3N3O/c14-7-1-2-8-10(5-7)20-6-9(11(8)19-4-3-18)12(21)13(15,16)17/h1-2,5-6H,3-4,18H2,(H,19,20). The molecule has 1 heterocycles. The lowest BCUT2D eigenvalue weighted by molar-refractivity contribution is -0.0884. The SMILES string of the molecule is NCCNc1c(C(=O)C(F)(F)F)cnc2cc(Cl)ccc12. The van der Waals surface area contributed by atoms with Crippen LogP contribution in [0.5, 0.6) is 0 Å². The molecule has 0 aliphatic heterocycles. The molecule has 0 aliphatic carbocycles. The van der Waals surface area contributed by atoms with Crippen LogP contribution in [0, 0.1) is 0 Å². The number of halogens is 4. The number of nitrogens with zero attached hydrogens (tertiary/aromatic N) is 1. The highest BCUT2D eigenvalue weighted by Crippen LogP contribution is 2.32. The molecule has 4 nitrogen and oxygen atoms in total. The number of carbonyl (C=O) groups excluding carboxylic acids is 1. The van der Waals surface area contributed by atoms with E-state index in [0.29, 0.717) is 15.9 Å². The molecule has 0 unspecified atom stereocenters. The lowest BCUT2D eigenvalue weighted by Gasteiger charge is -2.14. The normalized spacial score (nSPS) is 11.7. The number of benzene rings is 1. The lowest BCUT2D eigenvalue weighted by Crippen LogP contribution is -2.25. The molecule has 0 atom stereocenters. The molecule has 0 saturated carbocycles. The maximum atomic E-state index is 12.7. The third kappa shape index (κ3) is 3.25. The van der Waals surface area contributed by atoms with Crippen molar-refractivity contribution in [1.82, 2.24) is 4.98 Å². The van der Waals surface area contributed by atoms with Crippen LogP contribution in [0.3, 0.4) is 0 Å². The van der Waals surface area contributed by atoms with Gasteiger partial charge in [-0.25, -0.2) is 0 Å². The highest BCUT2D eigenvalue weighted by molar-refractivity contribution is 6.31. The zero-order valence-electron chi connectivity index (χ0n) is 10.7. The molecule has 21 heavy (non-hydrogen) atoms. The summed E-state index contributed by atoms with van der Waals surface area (Å²) in [5.41, 5.74) is 5.26. The molecular formula is C13H11ClF3N3O. The van der Waals surface area contributed by atoms with E-state index in [0.717, 1.165) is 6.20 Å². The van der Waals surface area contributed by atoms with Crippen LogP contribution in [0.2, 0.25) is 5.02 Å². The Morgan fingerprint density at radius 3 is 2.71 bits per heavy atom. The number of nitrogens with two attached hydrogens (primary N) is 1. The minimum absolute atomic E-state index is 0.0597. The molecule has 3 N–H and O–H groups in total. The van der Waals surface area contributed by atoms with Gasteiger partial charge >= 0.3 is 6.18 Å². The van der Waals surface area contributed by atoms with E-state index in [4.69, 9.17) is 17.3 Å². The van der Waals surface area contributed by atoms with Gasteiger partial charge in [0, 0.05) is 29.7 Å². The van der Waals surface area contributed by atoms with Crippen LogP contribution in [0.15, 0.2) is 24.4 Å². The van der Waals surface area contributed by atoms with E-state index in [9.17, 15) is 18.0 Å². The van der Waals surface area contributed by atoms with Gasteiger partial charge in [-0.15, -0.1) is 0 Å². The third-order valence-electron chi connectivity index (χ3n) is 2.78. The molecule has 1 aromatic carbocycles. The summed E-state index contributed by atoms with van der Waals surface area (Å²) in [7, 11) is 0. The average molecular weight is 318 g/mol. The fourth-order valence-electron chi connectivity index (χ4n) is 1.88. The van der Waals surface area contributed by atoms with Crippen LogP contribution in [0.4, 0.5) is 18.9 Å². The Labute approximate surface area is 123 Å². The summed E-state index contributed by atoms with van der Waals surface area (Å²) < 4.78 is 38.0. The van der Waals surface area contributed by atoms with Crippen LogP contribution in [0.1, 0.15) is 10.4 Å². The molecule has 0 aliphatic rings. The monoisotopic (exact) mass is 317 g/mol. The maximum absolute atomic E-state index is 12.7. The van der Waals surface area contributed by atoms with E-state index in [2.05, 4.69) is 10.3 Å². The number of pyridine rings is 1. The van der Waals surface area contributed by atoms with Gasteiger partial charge in [0.25, 0.3) is 5.78 Å². The van der Waals surface area contributed by atoms with E-state index in [-0.39, 0.29) is 18.8 Å². The number of carbonyl (C=O) groups is 1. The van der Waals surface area contributed by atoms with E-state index < -0.39 is 17.5 Å². The first-order chi connectivity index (χ1) is 9.84. The number of Topliss-reactive ketones (excluding diaryl/α,β-unsaturated/α-hetero) is 1. The fourth-order valence-corrected chi connectivity index (χ4v) is 2.05. The van der Waals surface area contributed by atoms with Crippen molar-refractivity contribution in [2.45, 2.75) is 6.18 Å².